The van der Waals surface area contributed by atoms with E-state index in [1.54, 1.807) is 0 Å². The van der Waals surface area contributed by atoms with Crippen molar-refractivity contribution in [1.82, 2.24) is 10.2 Å². The zero-order valence-electron chi connectivity index (χ0n) is 18.5. The summed E-state index contributed by atoms with van der Waals surface area (Å²) in [5.41, 5.74) is 3.53. The van der Waals surface area contributed by atoms with Crippen molar-refractivity contribution < 1.29 is 14.7 Å². The Balaban J connectivity index is 1.46. The molecule has 0 aromatic heterocycles. The first-order valence-electron chi connectivity index (χ1n) is 11.1. The Morgan fingerprint density at radius 1 is 1.03 bits per heavy atom. The van der Waals surface area contributed by atoms with Gasteiger partial charge in [-0.1, -0.05) is 48.5 Å². The number of rotatable bonds is 5. The van der Waals surface area contributed by atoms with Gasteiger partial charge in [0, 0.05) is 30.4 Å². The van der Waals surface area contributed by atoms with Gasteiger partial charge < -0.3 is 20.6 Å². The van der Waals surface area contributed by atoms with Crippen molar-refractivity contribution in [3.63, 3.8) is 0 Å². The summed E-state index contributed by atoms with van der Waals surface area (Å²) in [4.78, 5) is 25.7. The van der Waals surface area contributed by atoms with E-state index in [1.165, 1.54) is 4.90 Å². The zero-order chi connectivity index (χ0) is 22.7. The number of likely N-dealkylation sites (tertiary alicyclic amines) is 1. The van der Waals surface area contributed by atoms with Crippen LogP contribution in [0, 0.1) is 6.92 Å². The number of carbonyl (C=O) groups excluding carboxylic acids is 1. The van der Waals surface area contributed by atoms with Crippen molar-refractivity contribution in [2.45, 2.75) is 38.8 Å². The summed E-state index contributed by atoms with van der Waals surface area (Å²) in [5, 5.41) is 18.0. The molecule has 3 aromatic rings. The molecule has 1 fully saturated rings. The summed E-state index contributed by atoms with van der Waals surface area (Å²) in [5.74, 6) is -0.104. The highest BCUT2D eigenvalue weighted by Gasteiger charge is 2.22. The van der Waals surface area contributed by atoms with Crippen molar-refractivity contribution in [2.24, 2.45) is 0 Å². The van der Waals surface area contributed by atoms with Crippen LogP contribution < -0.4 is 10.6 Å². The molecule has 1 heterocycles. The first-order chi connectivity index (χ1) is 15.4. The average Bonchev–Trinajstić information content (AvgIpc) is 2.80. The molecule has 6 heteroatoms. The molecule has 6 nitrogen and oxygen atoms in total. The van der Waals surface area contributed by atoms with Gasteiger partial charge in [0.1, 0.15) is 0 Å². The molecule has 1 aliphatic rings. The number of carboxylic acid groups (broad SMARTS) is 1. The molecule has 1 unspecified atom stereocenters. The van der Waals surface area contributed by atoms with Crippen molar-refractivity contribution in [3.05, 3.63) is 77.4 Å². The number of aryl methyl sites for hydroxylation is 1. The van der Waals surface area contributed by atoms with Gasteiger partial charge in [0.15, 0.2) is 0 Å². The van der Waals surface area contributed by atoms with Crippen LogP contribution in [-0.4, -0.2) is 41.1 Å². The highest BCUT2D eigenvalue weighted by molar-refractivity contribution is 5.97. The first kappa shape index (κ1) is 21.7. The normalized spacial score (nSPS) is 15.4. The topological polar surface area (TPSA) is 81.7 Å². The lowest BCUT2D eigenvalue weighted by molar-refractivity contribution is 0.0939. The van der Waals surface area contributed by atoms with E-state index in [1.807, 2.05) is 50.2 Å². The largest absolute Gasteiger partial charge is 0.465 e. The van der Waals surface area contributed by atoms with Crippen molar-refractivity contribution in [3.8, 4) is 0 Å². The monoisotopic (exact) mass is 431 g/mol. The van der Waals surface area contributed by atoms with Gasteiger partial charge in [0.25, 0.3) is 5.91 Å². The maximum Gasteiger partial charge on any atom is 0.407 e. The van der Waals surface area contributed by atoms with E-state index in [9.17, 15) is 9.59 Å². The van der Waals surface area contributed by atoms with Crippen LogP contribution in [0.25, 0.3) is 10.8 Å². The van der Waals surface area contributed by atoms with Crippen LogP contribution in [0.3, 0.4) is 0 Å². The zero-order valence-corrected chi connectivity index (χ0v) is 18.5. The van der Waals surface area contributed by atoms with Gasteiger partial charge in [0.05, 0.1) is 6.04 Å². The van der Waals surface area contributed by atoms with Crippen LogP contribution in [-0.2, 0) is 0 Å². The molecule has 2 amide bonds. The fourth-order valence-electron chi connectivity index (χ4n) is 4.39. The number of benzene rings is 3. The summed E-state index contributed by atoms with van der Waals surface area (Å²) < 4.78 is 0. The molecular formula is C26H29N3O3. The fraction of sp³-hybridized carbons (Fsp3) is 0.308. The molecule has 0 bridgehead atoms. The summed E-state index contributed by atoms with van der Waals surface area (Å²) in [6.07, 6.45) is 0.637. The maximum absolute atomic E-state index is 13.1. The maximum atomic E-state index is 13.1. The standard InChI is InChI=1S/C26H29N3O3/c1-17-10-11-21(28-20-12-14-29(15-13-20)26(31)32)16-24(17)25(30)27-18(2)22-9-5-7-19-6-3-4-8-23(19)22/h3-11,16,18,20,28H,12-15H2,1-2H3,(H,27,30)(H,31,32). The number of piperidine rings is 1. The number of carbonyl (C=O) groups is 2. The minimum Gasteiger partial charge on any atom is -0.465 e. The Labute approximate surface area is 188 Å². The van der Waals surface area contributed by atoms with Crippen LogP contribution in [0.1, 0.15) is 47.3 Å². The van der Waals surface area contributed by atoms with Gasteiger partial charge in [-0.25, -0.2) is 4.79 Å². The lowest BCUT2D eigenvalue weighted by atomic mass is 9.99. The summed E-state index contributed by atoms with van der Waals surface area (Å²) in [7, 11) is 0. The molecule has 166 valence electrons. The smallest absolute Gasteiger partial charge is 0.407 e. The number of nitrogens with one attached hydrogen (secondary N) is 2. The van der Waals surface area contributed by atoms with Gasteiger partial charge in [-0.05, 0) is 60.7 Å². The molecule has 4 rings (SSSR count). The molecule has 3 N–H and O–H groups in total. The third-order valence-corrected chi connectivity index (χ3v) is 6.26. The minimum absolute atomic E-state index is 0.104. The van der Waals surface area contributed by atoms with E-state index in [4.69, 9.17) is 5.11 Å². The summed E-state index contributed by atoms with van der Waals surface area (Å²) >= 11 is 0. The molecule has 0 saturated carbocycles. The van der Waals surface area contributed by atoms with Gasteiger partial charge in [-0.3, -0.25) is 4.79 Å². The van der Waals surface area contributed by atoms with Gasteiger partial charge in [-0.2, -0.15) is 0 Å². The predicted octanol–water partition coefficient (Wildman–Crippen LogP) is 5.19. The SMILES string of the molecule is Cc1ccc(NC2CCN(C(=O)O)CC2)cc1C(=O)NC(C)c1cccc2ccccc12. The second-order valence-electron chi connectivity index (χ2n) is 8.48. The van der Waals surface area contributed by atoms with E-state index in [2.05, 4.69) is 34.9 Å². The Morgan fingerprint density at radius 2 is 1.75 bits per heavy atom. The Morgan fingerprint density at radius 3 is 2.50 bits per heavy atom. The van der Waals surface area contributed by atoms with Crippen LogP contribution in [0.15, 0.2) is 60.7 Å². The van der Waals surface area contributed by atoms with E-state index < -0.39 is 6.09 Å². The molecule has 1 aliphatic heterocycles. The molecule has 3 aromatic carbocycles. The lowest BCUT2D eigenvalue weighted by Gasteiger charge is -2.31. The lowest BCUT2D eigenvalue weighted by Crippen LogP contribution is -2.41. The molecule has 32 heavy (non-hydrogen) atoms. The van der Waals surface area contributed by atoms with Gasteiger partial charge >= 0.3 is 6.09 Å². The number of hydrogen-bond acceptors (Lipinski definition) is 3. The molecule has 0 spiro atoms. The fourth-order valence-corrected chi connectivity index (χ4v) is 4.39. The van der Waals surface area contributed by atoms with E-state index in [0.29, 0.717) is 18.7 Å². The van der Waals surface area contributed by atoms with Crippen LogP contribution in [0.2, 0.25) is 0 Å². The quantitative estimate of drug-likeness (QED) is 0.519. The Kier molecular flexibility index (Phi) is 6.30. The summed E-state index contributed by atoms with van der Waals surface area (Å²) in [6, 6.07) is 20.2. The molecule has 0 aliphatic carbocycles. The van der Waals surface area contributed by atoms with Crippen molar-refractivity contribution in [2.75, 3.05) is 18.4 Å². The highest BCUT2D eigenvalue weighted by atomic mass is 16.4. The average molecular weight is 432 g/mol. The first-order valence-corrected chi connectivity index (χ1v) is 11.1. The predicted molar refractivity (Wildman–Crippen MR) is 127 cm³/mol. The van der Waals surface area contributed by atoms with E-state index >= 15 is 0 Å². The van der Waals surface area contributed by atoms with Crippen molar-refractivity contribution >= 4 is 28.5 Å². The second-order valence-corrected chi connectivity index (χ2v) is 8.48. The number of anilines is 1. The van der Waals surface area contributed by atoms with Crippen molar-refractivity contribution in [1.29, 1.82) is 0 Å². The molecule has 0 radical (unpaired) electrons. The minimum atomic E-state index is -0.863. The Hall–Kier alpha value is -3.54. The van der Waals surface area contributed by atoms with E-state index in [0.717, 1.165) is 40.4 Å². The number of nitrogens with zero attached hydrogens (tertiary/aromatic N) is 1. The highest BCUT2D eigenvalue weighted by Crippen LogP contribution is 2.25. The third-order valence-electron chi connectivity index (χ3n) is 6.26. The molecule has 1 atom stereocenters. The third kappa shape index (κ3) is 4.69. The van der Waals surface area contributed by atoms with Crippen LogP contribution in [0.4, 0.5) is 10.5 Å². The summed E-state index contributed by atoms with van der Waals surface area (Å²) in [6.45, 7) is 4.99. The molecular weight excluding hydrogens is 402 g/mol. The Bertz CT molecular complexity index is 1130. The number of fused-ring (bicyclic) bond motifs is 1. The van der Waals surface area contributed by atoms with Gasteiger partial charge in [0.2, 0.25) is 0 Å². The van der Waals surface area contributed by atoms with Crippen LogP contribution >= 0.6 is 0 Å². The molecule has 1 saturated heterocycles. The second kappa shape index (κ2) is 9.30. The van der Waals surface area contributed by atoms with E-state index in [-0.39, 0.29) is 18.0 Å². The van der Waals surface area contributed by atoms with Gasteiger partial charge in [-0.15, -0.1) is 0 Å². The number of amides is 2. The number of hydrogen-bond donors (Lipinski definition) is 3. The van der Waals surface area contributed by atoms with Crippen LogP contribution in [0.5, 0.6) is 0 Å².